The standard InChI is InChI=1S/C21H23N3O3/c1-14-11-20(25)16-7-3-4-8-18(16)24(14)13-21(26)23-10-6-5-9-19(23)17-12-15(2)27-22-17/h3-4,7-8,11-12,19H,5-6,9-10,13H2,1-2H3. The van der Waals surface area contributed by atoms with Crippen LogP contribution in [-0.4, -0.2) is 27.1 Å². The highest BCUT2D eigenvalue weighted by molar-refractivity contribution is 5.83. The molecule has 0 N–H and O–H groups in total. The molecule has 1 unspecified atom stereocenters. The van der Waals surface area contributed by atoms with Crippen LogP contribution in [0.1, 0.15) is 42.5 Å². The topological polar surface area (TPSA) is 68.3 Å². The third-order valence-corrected chi connectivity index (χ3v) is 5.33. The quantitative estimate of drug-likeness (QED) is 0.714. The molecule has 27 heavy (non-hydrogen) atoms. The number of hydrogen-bond acceptors (Lipinski definition) is 4. The van der Waals surface area contributed by atoms with Crippen molar-refractivity contribution in [3.8, 4) is 0 Å². The summed E-state index contributed by atoms with van der Waals surface area (Å²) >= 11 is 0. The summed E-state index contributed by atoms with van der Waals surface area (Å²) in [6.07, 6.45) is 2.95. The Morgan fingerprint density at radius 1 is 1.22 bits per heavy atom. The highest BCUT2D eigenvalue weighted by Gasteiger charge is 2.30. The molecule has 1 aliphatic rings. The lowest BCUT2D eigenvalue weighted by Gasteiger charge is -2.35. The van der Waals surface area contributed by atoms with Gasteiger partial charge in [0.05, 0.1) is 11.6 Å². The predicted molar refractivity (Wildman–Crippen MR) is 102 cm³/mol. The lowest BCUT2D eigenvalue weighted by Crippen LogP contribution is -2.40. The molecule has 1 aromatic carbocycles. The fourth-order valence-corrected chi connectivity index (χ4v) is 3.97. The number of amides is 1. The average Bonchev–Trinajstić information content (AvgIpc) is 3.11. The van der Waals surface area contributed by atoms with Crippen LogP contribution >= 0.6 is 0 Å². The van der Waals surface area contributed by atoms with Crippen LogP contribution in [0.4, 0.5) is 0 Å². The van der Waals surface area contributed by atoms with Crippen LogP contribution in [0.2, 0.25) is 0 Å². The number of benzene rings is 1. The molecule has 1 aliphatic heterocycles. The fraction of sp³-hybridized carbons (Fsp3) is 0.381. The van der Waals surface area contributed by atoms with Crippen molar-refractivity contribution in [2.75, 3.05) is 6.54 Å². The first kappa shape index (κ1) is 17.5. The predicted octanol–water partition coefficient (Wildman–Crippen LogP) is 3.36. The van der Waals surface area contributed by atoms with E-state index >= 15 is 0 Å². The highest BCUT2D eigenvalue weighted by atomic mass is 16.5. The van der Waals surface area contributed by atoms with Crippen LogP contribution in [0.3, 0.4) is 0 Å². The summed E-state index contributed by atoms with van der Waals surface area (Å²) in [5.41, 5.74) is 2.39. The van der Waals surface area contributed by atoms with E-state index in [1.165, 1.54) is 0 Å². The van der Waals surface area contributed by atoms with Crippen molar-refractivity contribution in [2.24, 2.45) is 0 Å². The minimum atomic E-state index is -0.0466. The Kier molecular flexibility index (Phi) is 4.56. The zero-order valence-electron chi connectivity index (χ0n) is 15.6. The van der Waals surface area contributed by atoms with Crippen LogP contribution in [0.25, 0.3) is 10.9 Å². The first-order chi connectivity index (χ1) is 13.0. The second-order valence-corrected chi connectivity index (χ2v) is 7.21. The number of aryl methyl sites for hydroxylation is 2. The molecule has 0 bridgehead atoms. The van der Waals surface area contributed by atoms with Crippen molar-refractivity contribution in [3.63, 3.8) is 0 Å². The maximum Gasteiger partial charge on any atom is 0.243 e. The fourth-order valence-electron chi connectivity index (χ4n) is 3.97. The van der Waals surface area contributed by atoms with Gasteiger partial charge in [-0.3, -0.25) is 9.59 Å². The summed E-state index contributed by atoms with van der Waals surface area (Å²) in [7, 11) is 0. The molecular weight excluding hydrogens is 342 g/mol. The molecule has 0 saturated carbocycles. The van der Waals surface area contributed by atoms with Crippen molar-refractivity contribution >= 4 is 16.8 Å². The smallest absolute Gasteiger partial charge is 0.243 e. The molecule has 0 spiro atoms. The minimum Gasteiger partial charge on any atom is -0.361 e. The summed E-state index contributed by atoms with van der Waals surface area (Å²) in [5, 5.41) is 4.78. The van der Waals surface area contributed by atoms with Crippen molar-refractivity contribution in [3.05, 3.63) is 63.8 Å². The molecule has 1 amide bonds. The van der Waals surface area contributed by atoms with Gasteiger partial charge in [-0.15, -0.1) is 0 Å². The average molecular weight is 365 g/mol. The summed E-state index contributed by atoms with van der Waals surface area (Å²) in [5.74, 6) is 0.794. The van der Waals surface area contributed by atoms with Gasteiger partial charge < -0.3 is 14.0 Å². The SMILES string of the molecule is Cc1cc(C2CCCCN2C(=O)Cn2c(C)cc(=O)c3ccccc32)no1. The maximum atomic E-state index is 13.2. The number of hydrogen-bond donors (Lipinski definition) is 0. The Hall–Kier alpha value is -2.89. The first-order valence-corrected chi connectivity index (χ1v) is 9.36. The second-order valence-electron chi connectivity index (χ2n) is 7.21. The second kappa shape index (κ2) is 7.02. The number of aromatic nitrogens is 2. The number of rotatable bonds is 3. The van der Waals surface area contributed by atoms with E-state index in [-0.39, 0.29) is 23.9 Å². The zero-order chi connectivity index (χ0) is 19.0. The van der Waals surface area contributed by atoms with Gasteiger partial charge >= 0.3 is 0 Å². The van der Waals surface area contributed by atoms with E-state index in [4.69, 9.17) is 4.52 Å². The first-order valence-electron chi connectivity index (χ1n) is 9.36. The molecule has 0 radical (unpaired) electrons. The molecule has 6 heteroatoms. The lowest BCUT2D eigenvalue weighted by atomic mass is 9.99. The van der Waals surface area contributed by atoms with Gasteiger partial charge in [0.1, 0.15) is 18.0 Å². The summed E-state index contributed by atoms with van der Waals surface area (Å²) < 4.78 is 7.16. The third kappa shape index (κ3) is 3.27. The third-order valence-electron chi connectivity index (χ3n) is 5.33. The van der Waals surface area contributed by atoms with Gasteiger partial charge in [-0.05, 0) is 45.2 Å². The molecule has 2 aromatic heterocycles. The van der Waals surface area contributed by atoms with E-state index in [2.05, 4.69) is 5.16 Å². The molecule has 0 aliphatic carbocycles. The Balaban J connectivity index is 1.67. The molecule has 1 fully saturated rings. The van der Waals surface area contributed by atoms with E-state index in [1.807, 2.05) is 47.6 Å². The number of pyridine rings is 1. The van der Waals surface area contributed by atoms with Gasteiger partial charge in [0.2, 0.25) is 5.91 Å². The molecule has 1 saturated heterocycles. The van der Waals surface area contributed by atoms with Crippen molar-refractivity contribution in [1.29, 1.82) is 0 Å². The number of likely N-dealkylation sites (tertiary alicyclic amines) is 1. The van der Waals surface area contributed by atoms with Gasteiger partial charge in [-0.2, -0.15) is 0 Å². The summed E-state index contributed by atoms with van der Waals surface area (Å²) in [6.45, 7) is 4.66. The van der Waals surface area contributed by atoms with E-state index in [9.17, 15) is 9.59 Å². The highest BCUT2D eigenvalue weighted by Crippen LogP contribution is 2.31. The van der Waals surface area contributed by atoms with Crippen LogP contribution in [-0.2, 0) is 11.3 Å². The zero-order valence-corrected chi connectivity index (χ0v) is 15.6. The summed E-state index contributed by atoms with van der Waals surface area (Å²) in [4.78, 5) is 27.4. The van der Waals surface area contributed by atoms with Crippen LogP contribution < -0.4 is 5.43 Å². The minimum absolute atomic E-state index is 0.0132. The van der Waals surface area contributed by atoms with Gasteiger partial charge in [0.15, 0.2) is 5.43 Å². The van der Waals surface area contributed by atoms with Crippen LogP contribution in [0.15, 0.2) is 45.7 Å². The van der Waals surface area contributed by atoms with E-state index in [1.54, 1.807) is 12.1 Å². The molecule has 3 heterocycles. The number of piperidine rings is 1. The largest absolute Gasteiger partial charge is 0.361 e. The number of nitrogens with zero attached hydrogens (tertiary/aromatic N) is 3. The van der Waals surface area contributed by atoms with Crippen molar-refractivity contribution < 1.29 is 9.32 Å². The van der Waals surface area contributed by atoms with Crippen LogP contribution in [0.5, 0.6) is 0 Å². The maximum absolute atomic E-state index is 13.2. The van der Waals surface area contributed by atoms with Gasteiger partial charge in [0.25, 0.3) is 0 Å². The normalized spacial score (nSPS) is 17.4. The van der Waals surface area contributed by atoms with Crippen molar-refractivity contribution in [2.45, 2.75) is 45.7 Å². The Morgan fingerprint density at radius 2 is 2.04 bits per heavy atom. The van der Waals surface area contributed by atoms with Crippen molar-refractivity contribution in [1.82, 2.24) is 14.6 Å². The van der Waals surface area contributed by atoms with Gasteiger partial charge in [-0.1, -0.05) is 17.3 Å². The number of fused-ring (bicyclic) bond motifs is 1. The summed E-state index contributed by atoms with van der Waals surface area (Å²) in [6, 6.07) is 10.9. The number of carbonyl (C=O) groups excluding carboxylic acids is 1. The molecular formula is C21H23N3O3. The molecule has 6 nitrogen and oxygen atoms in total. The lowest BCUT2D eigenvalue weighted by molar-refractivity contribution is -0.135. The Labute approximate surface area is 157 Å². The molecule has 3 aromatic rings. The van der Waals surface area contributed by atoms with E-state index in [0.29, 0.717) is 11.9 Å². The van der Waals surface area contributed by atoms with Gasteiger partial charge in [0, 0.05) is 29.8 Å². The number of para-hydroxylation sites is 1. The monoisotopic (exact) mass is 365 g/mol. The molecule has 4 rings (SSSR count). The van der Waals surface area contributed by atoms with Crippen LogP contribution in [0, 0.1) is 13.8 Å². The van der Waals surface area contributed by atoms with Gasteiger partial charge in [-0.25, -0.2) is 0 Å². The van der Waals surface area contributed by atoms with E-state index in [0.717, 1.165) is 41.9 Å². The number of carbonyl (C=O) groups is 1. The molecule has 1 atom stereocenters. The molecule has 140 valence electrons. The Bertz CT molecular complexity index is 1050. The van der Waals surface area contributed by atoms with E-state index < -0.39 is 0 Å². The Morgan fingerprint density at radius 3 is 2.81 bits per heavy atom.